The zero-order valence-corrected chi connectivity index (χ0v) is 20.6. The van der Waals surface area contributed by atoms with Crippen LogP contribution in [0.5, 0.6) is 0 Å². The van der Waals surface area contributed by atoms with E-state index in [9.17, 15) is 9.00 Å². The van der Waals surface area contributed by atoms with E-state index in [-0.39, 0.29) is 11.9 Å². The topological polar surface area (TPSA) is 99.6 Å². The number of nitrogens with one attached hydrogen (secondary N) is 2. The molecule has 0 bridgehead atoms. The molecule has 0 radical (unpaired) electrons. The highest BCUT2D eigenvalue weighted by molar-refractivity contribution is 7.92. The number of amides is 1. The molecule has 1 aromatic heterocycles. The van der Waals surface area contributed by atoms with Gasteiger partial charge in [-0.3, -0.25) is 4.79 Å². The molecule has 0 saturated carbocycles. The molecule has 2 heterocycles. The van der Waals surface area contributed by atoms with E-state index in [1.54, 1.807) is 30.8 Å². The maximum atomic E-state index is 11.9. The fraction of sp³-hybridized carbons (Fsp3) is 0.208. The van der Waals surface area contributed by atoms with Crippen LogP contribution >= 0.6 is 11.6 Å². The molecule has 0 spiro atoms. The van der Waals surface area contributed by atoms with Gasteiger partial charge in [0, 0.05) is 39.8 Å². The third kappa shape index (κ3) is 4.90. The maximum Gasteiger partial charge on any atom is 0.247 e. The van der Waals surface area contributed by atoms with Crippen molar-refractivity contribution < 1.29 is 9.00 Å². The lowest BCUT2D eigenvalue weighted by atomic mass is 9.77. The second-order valence-corrected chi connectivity index (χ2v) is 11.4. The molecule has 1 aromatic carbocycles. The first-order valence-corrected chi connectivity index (χ1v) is 13.2. The Bertz CT molecular complexity index is 1350. The molecule has 34 heavy (non-hydrogen) atoms. The van der Waals surface area contributed by atoms with Crippen molar-refractivity contribution >= 4 is 50.4 Å². The molecule has 2 aromatic rings. The van der Waals surface area contributed by atoms with E-state index in [0.29, 0.717) is 22.5 Å². The fourth-order valence-electron chi connectivity index (χ4n) is 3.84. The lowest BCUT2D eigenvalue weighted by molar-refractivity contribution is -0.116. The number of hydrogen-bond donors (Lipinski definition) is 2. The van der Waals surface area contributed by atoms with Gasteiger partial charge in [0.25, 0.3) is 0 Å². The Morgan fingerprint density at radius 1 is 1.32 bits per heavy atom. The molecule has 2 unspecified atom stereocenters. The molecule has 1 amide bonds. The molecule has 10 heteroatoms. The van der Waals surface area contributed by atoms with Gasteiger partial charge in [-0.1, -0.05) is 36.4 Å². The van der Waals surface area contributed by atoms with E-state index in [2.05, 4.69) is 31.5 Å². The lowest BCUT2D eigenvalue weighted by Crippen LogP contribution is -2.44. The molecule has 2 atom stereocenters. The van der Waals surface area contributed by atoms with Crippen LogP contribution in [0.25, 0.3) is 0 Å². The Kier molecular flexibility index (Phi) is 6.33. The van der Waals surface area contributed by atoms with Gasteiger partial charge in [-0.2, -0.15) is 9.35 Å². The van der Waals surface area contributed by atoms with Crippen LogP contribution in [-0.4, -0.2) is 38.6 Å². The first kappa shape index (κ1) is 23.7. The SMILES string of the molecule is C=CC(=O)NC1=CC=CC2N(c3nc(Nc4ccc(N=S(C)(C)=O)cc4)ncc3Cl)C=CC12C. The van der Waals surface area contributed by atoms with Crippen LogP contribution in [0.3, 0.4) is 0 Å². The summed E-state index contributed by atoms with van der Waals surface area (Å²) in [5.74, 6) is 0.642. The van der Waals surface area contributed by atoms with Crippen LogP contribution in [-0.2, 0) is 14.5 Å². The van der Waals surface area contributed by atoms with Crippen molar-refractivity contribution in [3.8, 4) is 0 Å². The molecule has 176 valence electrons. The average molecular weight is 497 g/mol. The molecule has 2 N–H and O–H groups in total. The fourth-order valence-corrected chi connectivity index (χ4v) is 4.66. The zero-order valence-electron chi connectivity index (χ0n) is 19.0. The number of hydrogen-bond acceptors (Lipinski definition) is 7. The summed E-state index contributed by atoms with van der Waals surface area (Å²) in [6.45, 7) is 5.57. The maximum absolute atomic E-state index is 11.9. The van der Waals surface area contributed by atoms with Crippen LogP contribution in [0.15, 0.2) is 83.7 Å². The van der Waals surface area contributed by atoms with Gasteiger partial charge in [0.15, 0.2) is 5.82 Å². The number of anilines is 3. The van der Waals surface area contributed by atoms with Crippen LogP contribution in [0.1, 0.15) is 6.92 Å². The minimum atomic E-state index is -2.23. The van der Waals surface area contributed by atoms with Gasteiger partial charge >= 0.3 is 0 Å². The van der Waals surface area contributed by atoms with Crippen molar-refractivity contribution in [1.82, 2.24) is 15.3 Å². The Labute approximate surface area is 204 Å². The van der Waals surface area contributed by atoms with Crippen LogP contribution in [0.4, 0.5) is 23.1 Å². The number of allylic oxidation sites excluding steroid dienone is 2. The van der Waals surface area contributed by atoms with Gasteiger partial charge in [0.05, 0.1) is 23.3 Å². The summed E-state index contributed by atoms with van der Waals surface area (Å²) in [7, 11) is -2.23. The first-order chi connectivity index (χ1) is 16.1. The van der Waals surface area contributed by atoms with E-state index in [1.807, 2.05) is 54.5 Å². The normalized spacial score (nSPS) is 21.0. The minimum Gasteiger partial charge on any atom is -0.325 e. The third-order valence-electron chi connectivity index (χ3n) is 5.49. The minimum absolute atomic E-state index is 0.142. The number of aromatic nitrogens is 2. The summed E-state index contributed by atoms with van der Waals surface area (Å²) in [5, 5.41) is 6.46. The quantitative estimate of drug-likeness (QED) is 0.562. The summed E-state index contributed by atoms with van der Waals surface area (Å²) >= 11 is 6.49. The molecule has 2 aliphatic rings. The van der Waals surface area contributed by atoms with Gasteiger partial charge in [-0.05, 0) is 43.3 Å². The third-order valence-corrected chi connectivity index (χ3v) is 6.41. The van der Waals surface area contributed by atoms with Crippen molar-refractivity contribution in [1.29, 1.82) is 0 Å². The first-order valence-electron chi connectivity index (χ1n) is 10.5. The van der Waals surface area contributed by atoms with Gasteiger partial charge < -0.3 is 15.5 Å². The average Bonchev–Trinajstić information content (AvgIpc) is 3.13. The predicted octanol–water partition coefficient (Wildman–Crippen LogP) is 4.70. The van der Waals surface area contributed by atoms with Gasteiger partial charge in [-0.25, -0.2) is 9.19 Å². The van der Waals surface area contributed by atoms with E-state index in [4.69, 9.17) is 11.6 Å². The predicted molar refractivity (Wildman–Crippen MR) is 138 cm³/mol. The molecule has 4 rings (SSSR count). The standard InChI is InChI=1S/C24H25ClN6O2S/c1-5-21(32)28-19-7-6-8-20-24(19,2)13-14-31(20)22-18(25)15-26-23(29-22)27-16-9-11-17(12-10-16)30-34(3,4)33/h5-15,20H,1H2,2-4H3,(H,28,32)(H,26,27,29). The van der Waals surface area contributed by atoms with Crippen LogP contribution < -0.4 is 15.5 Å². The summed E-state index contributed by atoms with van der Waals surface area (Å²) in [4.78, 5) is 22.8. The molecule has 8 nitrogen and oxygen atoms in total. The molecular weight excluding hydrogens is 472 g/mol. The van der Waals surface area contributed by atoms with Crippen molar-refractivity contribution in [3.05, 3.63) is 84.3 Å². The van der Waals surface area contributed by atoms with Crippen molar-refractivity contribution in [2.24, 2.45) is 9.78 Å². The number of rotatable bonds is 6. The number of carbonyl (C=O) groups is 1. The smallest absolute Gasteiger partial charge is 0.247 e. The largest absolute Gasteiger partial charge is 0.325 e. The summed E-state index contributed by atoms with van der Waals surface area (Å²) < 4.78 is 16.1. The van der Waals surface area contributed by atoms with Gasteiger partial charge in [0.1, 0.15) is 5.02 Å². The van der Waals surface area contributed by atoms with Gasteiger partial charge in [0.2, 0.25) is 11.9 Å². The molecule has 0 fully saturated rings. The number of halogens is 1. The summed E-state index contributed by atoms with van der Waals surface area (Å²) in [6.07, 6.45) is 15.7. The van der Waals surface area contributed by atoms with Crippen LogP contribution in [0, 0.1) is 5.41 Å². The summed E-state index contributed by atoms with van der Waals surface area (Å²) in [6, 6.07) is 7.05. The van der Waals surface area contributed by atoms with Crippen molar-refractivity contribution in [2.75, 3.05) is 22.7 Å². The van der Waals surface area contributed by atoms with E-state index < -0.39 is 15.1 Å². The monoisotopic (exact) mass is 496 g/mol. The number of nitrogens with zero attached hydrogens (tertiary/aromatic N) is 4. The number of benzene rings is 1. The number of fused-ring (bicyclic) bond motifs is 1. The Morgan fingerprint density at radius 3 is 2.74 bits per heavy atom. The number of carbonyl (C=O) groups excluding carboxylic acids is 1. The highest BCUT2D eigenvalue weighted by Crippen LogP contribution is 2.45. The zero-order chi connectivity index (χ0) is 24.5. The lowest BCUT2D eigenvalue weighted by Gasteiger charge is -2.38. The Morgan fingerprint density at radius 2 is 2.06 bits per heavy atom. The van der Waals surface area contributed by atoms with Crippen LogP contribution in [0.2, 0.25) is 5.02 Å². The molecule has 0 saturated heterocycles. The Hall–Kier alpha value is -3.43. The molecule has 1 aliphatic heterocycles. The van der Waals surface area contributed by atoms with Gasteiger partial charge in [-0.15, -0.1) is 0 Å². The highest BCUT2D eigenvalue weighted by Gasteiger charge is 2.44. The van der Waals surface area contributed by atoms with E-state index in [1.165, 1.54) is 6.08 Å². The Balaban J connectivity index is 1.58. The second kappa shape index (κ2) is 9.08. The van der Waals surface area contributed by atoms with E-state index in [0.717, 1.165) is 11.4 Å². The molecular formula is C24H25ClN6O2S. The highest BCUT2D eigenvalue weighted by atomic mass is 35.5. The van der Waals surface area contributed by atoms with Crippen molar-refractivity contribution in [3.63, 3.8) is 0 Å². The summed E-state index contributed by atoms with van der Waals surface area (Å²) in [5.41, 5.74) is 1.67. The van der Waals surface area contributed by atoms with Crippen molar-refractivity contribution in [2.45, 2.75) is 13.0 Å². The molecule has 1 aliphatic carbocycles. The van der Waals surface area contributed by atoms with E-state index >= 15 is 0 Å². The second-order valence-electron chi connectivity index (χ2n) is 8.42.